The molecule has 3 aromatic rings. The molecule has 0 unspecified atom stereocenters. The molecule has 1 heterocycles. The van der Waals surface area contributed by atoms with Gasteiger partial charge in [0.2, 0.25) is 5.91 Å². The van der Waals surface area contributed by atoms with Crippen molar-refractivity contribution in [1.29, 1.82) is 0 Å². The third kappa shape index (κ3) is 4.20. The van der Waals surface area contributed by atoms with Crippen molar-refractivity contribution in [1.82, 2.24) is 15.5 Å². The van der Waals surface area contributed by atoms with Crippen LogP contribution in [0.15, 0.2) is 54.6 Å². The molecule has 3 N–H and O–H groups in total. The van der Waals surface area contributed by atoms with E-state index >= 15 is 0 Å². The number of carbonyl (C=O) groups excluding carboxylic acids is 1. The highest BCUT2D eigenvalue weighted by Gasteiger charge is 2.23. The molecule has 2 aromatic carbocycles. The number of halogens is 1. The molecule has 3 rings (SSSR count). The van der Waals surface area contributed by atoms with Crippen LogP contribution in [0.5, 0.6) is 0 Å². The highest BCUT2D eigenvalue weighted by Crippen LogP contribution is 2.24. The number of carbonyl (C=O) groups is 2. The van der Waals surface area contributed by atoms with Crippen LogP contribution in [-0.4, -0.2) is 27.2 Å². The Morgan fingerprint density at radius 1 is 1.15 bits per heavy atom. The fraction of sp³-hybridized carbons (Fsp3) is 0.150. The first kappa shape index (κ1) is 18.3. The lowest BCUT2D eigenvalue weighted by atomic mass is 10.0. The Kier molecular flexibility index (Phi) is 5.30. The van der Waals surface area contributed by atoms with Gasteiger partial charge in [-0.25, -0.2) is 9.18 Å². The average molecular weight is 367 g/mol. The molecule has 138 valence electrons. The van der Waals surface area contributed by atoms with Crippen molar-refractivity contribution in [2.75, 3.05) is 0 Å². The van der Waals surface area contributed by atoms with Crippen LogP contribution in [-0.2, 0) is 16.0 Å². The number of rotatable bonds is 6. The molecule has 1 amide bonds. The minimum atomic E-state index is -1.14. The normalized spacial score (nSPS) is 11.8. The van der Waals surface area contributed by atoms with Crippen molar-refractivity contribution < 1.29 is 19.1 Å². The number of aromatic amines is 1. The molecule has 0 radical (unpaired) electrons. The summed E-state index contributed by atoms with van der Waals surface area (Å²) in [5, 5.41) is 19.0. The van der Waals surface area contributed by atoms with Crippen LogP contribution in [0, 0.1) is 12.7 Å². The topological polar surface area (TPSA) is 95.1 Å². The third-order valence-electron chi connectivity index (χ3n) is 4.21. The van der Waals surface area contributed by atoms with Gasteiger partial charge in [0.15, 0.2) is 6.04 Å². The number of carboxylic acid groups (broad SMARTS) is 1. The van der Waals surface area contributed by atoms with Gasteiger partial charge in [0.05, 0.1) is 12.1 Å². The molecular weight excluding hydrogens is 349 g/mol. The number of hydrogen-bond acceptors (Lipinski definition) is 3. The summed E-state index contributed by atoms with van der Waals surface area (Å²) < 4.78 is 13.2. The maximum Gasteiger partial charge on any atom is 0.330 e. The Hall–Kier alpha value is -3.48. The van der Waals surface area contributed by atoms with E-state index in [2.05, 4.69) is 15.5 Å². The molecule has 1 aromatic heterocycles. The maximum atomic E-state index is 13.2. The molecule has 0 spiro atoms. The summed E-state index contributed by atoms with van der Waals surface area (Å²) in [4.78, 5) is 24.1. The zero-order valence-electron chi connectivity index (χ0n) is 14.6. The van der Waals surface area contributed by atoms with E-state index < -0.39 is 17.9 Å². The van der Waals surface area contributed by atoms with E-state index in [0.717, 1.165) is 0 Å². The number of hydrogen-bond donors (Lipinski definition) is 3. The number of carboxylic acids is 1. The number of nitrogens with zero attached hydrogens (tertiary/aromatic N) is 1. The van der Waals surface area contributed by atoms with Crippen molar-refractivity contribution in [3.05, 3.63) is 77.2 Å². The van der Waals surface area contributed by atoms with Gasteiger partial charge in [-0.3, -0.25) is 9.89 Å². The second-order valence-electron chi connectivity index (χ2n) is 6.11. The van der Waals surface area contributed by atoms with E-state index in [1.54, 1.807) is 49.4 Å². The van der Waals surface area contributed by atoms with Gasteiger partial charge in [-0.1, -0.05) is 30.3 Å². The minimum Gasteiger partial charge on any atom is -0.479 e. The van der Waals surface area contributed by atoms with Crippen molar-refractivity contribution in [2.24, 2.45) is 0 Å². The van der Waals surface area contributed by atoms with E-state index in [1.807, 2.05) is 0 Å². The zero-order valence-corrected chi connectivity index (χ0v) is 14.6. The number of H-pyrrole nitrogens is 1. The van der Waals surface area contributed by atoms with E-state index in [0.29, 0.717) is 28.1 Å². The maximum absolute atomic E-state index is 13.2. The second kappa shape index (κ2) is 7.82. The Morgan fingerprint density at radius 2 is 1.81 bits per heavy atom. The summed E-state index contributed by atoms with van der Waals surface area (Å²) in [6, 6.07) is 13.1. The van der Waals surface area contributed by atoms with Gasteiger partial charge in [-0.15, -0.1) is 0 Å². The Labute approximate surface area is 155 Å². The quantitative estimate of drug-likeness (QED) is 0.624. The van der Waals surface area contributed by atoms with E-state index in [1.165, 1.54) is 12.1 Å². The SMILES string of the molecule is Cc1[nH]nc(-c2ccc(F)cc2)c1CC(=O)N[C@@H](C(=O)O)c1ccccc1. The summed E-state index contributed by atoms with van der Waals surface area (Å²) in [7, 11) is 0. The first-order valence-electron chi connectivity index (χ1n) is 8.32. The number of benzene rings is 2. The average Bonchev–Trinajstić information content (AvgIpc) is 3.01. The van der Waals surface area contributed by atoms with Crippen LogP contribution in [0.3, 0.4) is 0 Å². The van der Waals surface area contributed by atoms with Crippen LogP contribution in [0.1, 0.15) is 22.9 Å². The fourth-order valence-corrected chi connectivity index (χ4v) is 2.82. The monoisotopic (exact) mass is 367 g/mol. The highest BCUT2D eigenvalue weighted by molar-refractivity contribution is 5.87. The molecule has 0 fully saturated rings. The van der Waals surface area contributed by atoms with Crippen LogP contribution in [0.2, 0.25) is 0 Å². The molecule has 27 heavy (non-hydrogen) atoms. The number of aliphatic carboxylic acids is 1. The van der Waals surface area contributed by atoms with Crippen molar-refractivity contribution in [3.8, 4) is 11.3 Å². The molecule has 0 aliphatic carbocycles. The molecule has 0 saturated heterocycles. The van der Waals surface area contributed by atoms with Crippen molar-refractivity contribution in [3.63, 3.8) is 0 Å². The summed E-state index contributed by atoms with van der Waals surface area (Å²) in [5.74, 6) is -1.95. The first-order valence-corrected chi connectivity index (χ1v) is 8.32. The Bertz CT molecular complexity index is 952. The number of aromatic nitrogens is 2. The lowest BCUT2D eigenvalue weighted by molar-refractivity contribution is -0.141. The Balaban J connectivity index is 1.81. The molecule has 0 aliphatic rings. The number of amides is 1. The smallest absolute Gasteiger partial charge is 0.330 e. The van der Waals surface area contributed by atoms with E-state index in [4.69, 9.17) is 0 Å². The van der Waals surface area contributed by atoms with Gasteiger partial charge in [-0.05, 0) is 36.8 Å². The minimum absolute atomic E-state index is 0.0499. The molecule has 1 atom stereocenters. The molecule has 0 bridgehead atoms. The van der Waals surface area contributed by atoms with E-state index in [-0.39, 0.29) is 12.2 Å². The molecule has 7 heteroatoms. The van der Waals surface area contributed by atoms with Crippen LogP contribution < -0.4 is 5.32 Å². The van der Waals surface area contributed by atoms with Gasteiger partial charge >= 0.3 is 5.97 Å². The van der Waals surface area contributed by atoms with Crippen molar-refractivity contribution >= 4 is 11.9 Å². The van der Waals surface area contributed by atoms with Gasteiger partial charge in [-0.2, -0.15) is 5.10 Å². The largest absolute Gasteiger partial charge is 0.479 e. The number of aryl methyl sites for hydroxylation is 1. The van der Waals surface area contributed by atoms with Gasteiger partial charge in [0.25, 0.3) is 0 Å². The zero-order chi connectivity index (χ0) is 19.4. The molecule has 6 nitrogen and oxygen atoms in total. The third-order valence-corrected chi connectivity index (χ3v) is 4.21. The van der Waals surface area contributed by atoms with Gasteiger partial charge in [0, 0.05) is 16.8 Å². The molecule has 0 saturated carbocycles. The summed E-state index contributed by atoms with van der Waals surface area (Å²) in [6.07, 6.45) is -0.0499. The van der Waals surface area contributed by atoms with Gasteiger partial charge in [0.1, 0.15) is 5.82 Å². The molecular formula is C20H18FN3O3. The van der Waals surface area contributed by atoms with Crippen LogP contribution >= 0.6 is 0 Å². The predicted octanol–water partition coefficient (Wildman–Crippen LogP) is 3.01. The lowest BCUT2D eigenvalue weighted by Gasteiger charge is -2.15. The summed E-state index contributed by atoms with van der Waals surface area (Å²) in [6.45, 7) is 1.77. The van der Waals surface area contributed by atoms with Crippen molar-refractivity contribution in [2.45, 2.75) is 19.4 Å². The van der Waals surface area contributed by atoms with Gasteiger partial charge < -0.3 is 10.4 Å². The lowest BCUT2D eigenvalue weighted by Crippen LogP contribution is -2.34. The highest BCUT2D eigenvalue weighted by atomic mass is 19.1. The summed E-state index contributed by atoms with van der Waals surface area (Å²) >= 11 is 0. The first-order chi connectivity index (χ1) is 13.0. The second-order valence-corrected chi connectivity index (χ2v) is 6.11. The number of nitrogens with one attached hydrogen (secondary N) is 2. The molecule has 0 aliphatic heterocycles. The summed E-state index contributed by atoms with van der Waals surface area (Å²) in [5.41, 5.74) is 3.02. The predicted molar refractivity (Wildman–Crippen MR) is 97.4 cm³/mol. The standard InChI is InChI=1S/C20H18FN3O3/c1-12-16(18(24-23-12)14-7-9-15(21)10-8-14)11-17(25)22-19(20(26)27)13-5-3-2-4-6-13/h2-10,19H,11H2,1H3,(H,22,25)(H,23,24)(H,26,27)/t19-/m1/s1. The Morgan fingerprint density at radius 3 is 2.44 bits per heavy atom. The van der Waals surface area contributed by atoms with Crippen LogP contribution in [0.25, 0.3) is 11.3 Å². The fourth-order valence-electron chi connectivity index (χ4n) is 2.82. The van der Waals surface area contributed by atoms with E-state index in [9.17, 15) is 19.1 Å². The van der Waals surface area contributed by atoms with Crippen LogP contribution in [0.4, 0.5) is 4.39 Å².